The molecule has 156 valence electrons. The van der Waals surface area contributed by atoms with Crippen molar-refractivity contribution in [3.05, 3.63) is 40.2 Å². The first-order valence-corrected chi connectivity index (χ1v) is 8.66. The van der Waals surface area contributed by atoms with Gasteiger partial charge >= 0.3 is 5.97 Å². The zero-order chi connectivity index (χ0) is 22.3. The van der Waals surface area contributed by atoms with E-state index >= 15 is 0 Å². The third-order valence-corrected chi connectivity index (χ3v) is 3.70. The van der Waals surface area contributed by atoms with E-state index in [1.165, 1.54) is 35.5 Å². The summed E-state index contributed by atoms with van der Waals surface area (Å²) in [5.41, 5.74) is 0.393. The molecule has 1 aromatic carbocycles. The molecule has 11 nitrogen and oxygen atoms in total. The van der Waals surface area contributed by atoms with Crippen LogP contribution in [0.4, 0.5) is 23.1 Å². The van der Waals surface area contributed by atoms with Crippen molar-refractivity contribution in [3.63, 3.8) is 0 Å². The number of carboxylic acid groups (broad SMARTS) is 1. The fraction of sp³-hybridized carbons (Fsp3) is 0.211. The lowest BCUT2D eigenvalue weighted by Crippen LogP contribution is -2.27. The van der Waals surface area contributed by atoms with Crippen LogP contribution in [0.2, 0.25) is 0 Å². The van der Waals surface area contributed by atoms with Gasteiger partial charge in [0.05, 0.1) is 18.4 Å². The molecule has 1 amide bonds. The molecule has 2 rings (SSSR count). The van der Waals surface area contributed by atoms with E-state index in [-0.39, 0.29) is 29.6 Å². The van der Waals surface area contributed by atoms with Gasteiger partial charge in [0.1, 0.15) is 0 Å². The summed E-state index contributed by atoms with van der Waals surface area (Å²) in [5.74, 6) is -1.00. The molecule has 0 saturated carbocycles. The number of carbonyl (C=O) groups excluding carboxylic acids is 1. The van der Waals surface area contributed by atoms with Crippen molar-refractivity contribution in [1.29, 1.82) is 0 Å². The zero-order valence-corrected chi connectivity index (χ0v) is 16.7. The quantitative estimate of drug-likeness (QED) is 0.366. The number of aromatic nitrogens is 2. The Morgan fingerprint density at radius 3 is 2.50 bits per heavy atom. The van der Waals surface area contributed by atoms with Gasteiger partial charge in [0.15, 0.2) is 11.5 Å². The fourth-order valence-electron chi connectivity index (χ4n) is 2.34. The largest absolute Gasteiger partial charge is 0.478 e. The molecule has 0 aliphatic rings. The van der Waals surface area contributed by atoms with Crippen molar-refractivity contribution in [2.75, 3.05) is 25.5 Å². The Kier molecular flexibility index (Phi) is 7.28. The second kappa shape index (κ2) is 9.87. The SMILES string of the molecule is C=Nc1nc(/N=C/N(C)C)[nH]c(=O)c1/N=C(\C)CN(C=O)c1ccc(C(=O)O)cc1. The van der Waals surface area contributed by atoms with Crippen LogP contribution in [0.25, 0.3) is 0 Å². The maximum absolute atomic E-state index is 12.4. The predicted molar refractivity (Wildman–Crippen MR) is 115 cm³/mol. The van der Waals surface area contributed by atoms with E-state index in [0.29, 0.717) is 17.8 Å². The number of nitrogens with one attached hydrogen (secondary N) is 1. The maximum Gasteiger partial charge on any atom is 0.335 e. The number of benzene rings is 1. The minimum absolute atomic E-state index is 0.00692. The van der Waals surface area contributed by atoms with Crippen molar-refractivity contribution >= 4 is 54.3 Å². The van der Waals surface area contributed by atoms with Crippen LogP contribution in [0.5, 0.6) is 0 Å². The first-order chi connectivity index (χ1) is 14.2. The Morgan fingerprint density at radius 2 is 1.97 bits per heavy atom. The molecule has 0 fully saturated rings. The highest BCUT2D eigenvalue weighted by Crippen LogP contribution is 2.23. The molecule has 2 aromatic rings. The number of H-pyrrole nitrogens is 1. The number of anilines is 1. The van der Waals surface area contributed by atoms with Gasteiger partial charge in [-0.15, -0.1) is 0 Å². The Hall–Kier alpha value is -4.15. The number of hydrogen-bond acceptors (Lipinski definition) is 7. The molecule has 0 spiro atoms. The monoisotopic (exact) mass is 411 g/mol. The van der Waals surface area contributed by atoms with Gasteiger partial charge in [-0.2, -0.15) is 4.98 Å². The van der Waals surface area contributed by atoms with Crippen LogP contribution in [0.3, 0.4) is 0 Å². The van der Waals surface area contributed by atoms with Crippen molar-refractivity contribution in [1.82, 2.24) is 14.9 Å². The molecule has 0 aliphatic heterocycles. The van der Waals surface area contributed by atoms with E-state index in [2.05, 4.69) is 31.7 Å². The van der Waals surface area contributed by atoms with E-state index in [1.54, 1.807) is 25.9 Å². The summed E-state index contributed by atoms with van der Waals surface area (Å²) < 4.78 is 0. The highest BCUT2D eigenvalue weighted by atomic mass is 16.4. The molecule has 1 aromatic heterocycles. The Balaban J connectivity index is 2.30. The number of carbonyl (C=O) groups is 2. The Labute approximate surface area is 172 Å². The third kappa shape index (κ3) is 5.67. The first kappa shape index (κ1) is 22.1. The number of carboxylic acids is 1. The summed E-state index contributed by atoms with van der Waals surface area (Å²) in [4.78, 5) is 56.5. The summed E-state index contributed by atoms with van der Waals surface area (Å²) in [6.07, 6.45) is 2.06. The minimum Gasteiger partial charge on any atom is -0.478 e. The minimum atomic E-state index is -1.06. The van der Waals surface area contributed by atoms with Gasteiger partial charge in [-0.25, -0.2) is 19.8 Å². The highest BCUT2D eigenvalue weighted by molar-refractivity contribution is 5.94. The summed E-state index contributed by atoms with van der Waals surface area (Å²) in [5, 5.41) is 8.97. The van der Waals surface area contributed by atoms with Crippen LogP contribution in [-0.2, 0) is 4.79 Å². The average molecular weight is 411 g/mol. The van der Waals surface area contributed by atoms with E-state index in [0.717, 1.165) is 0 Å². The summed E-state index contributed by atoms with van der Waals surface area (Å²) in [7, 11) is 3.54. The molecule has 2 N–H and O–H groups in total. The molecule has 0 atom stereocenters. The maximum atomic E-state index is 12.4. The lowest BCUT2D eigenvalue weighted by atomic mass is 10.2. The molecule has 1 heterocycles. The number of aromatic amines is 1. The third-order valence-electron chi connectivity index (χ3n) is 3.70. The van der Waals surface area contributed by atoms with Gasteiger partial charge in [0, 0.05) is 25.5 Å². The second-order valence-corrected chi connectivity index (χ2v) is 6.36. The van der Waals surface area contributed by atoms with Crippen LogP contribution >= 0.6 is 0 Å². The Bertz CT molecular complexity index is 1060. The van der Waals surface area contributed by atoms with Crippen LogP contribution in [0, 0.1) is 0 Å². The van der Waals surface area contributed by atoms with E-state index in [1.807, 2.05) is 0 Å². The van der Waals surface area contributed by atoms with Gasteiger partial charge in [-0.05, 0) is 37.9 Å². The molecule has 0 radical (unpaired) electrons. The summed E-state index contributed by atoms with van der Waals surface area (Å²) in [6.45, 7) is 5.11. The molecule has 0 unspecified atom stereocenters. The molecular formula is C19H21N7O4. The highest BCUT2D eigenvalue weighted by Gasteiger charge is 2.13. The number of aromatic carboxylic acids is 1. The van der Waals surface area contributed by atoms with Crippen molar-refractivity contribution in [3.8, 4) is 0 Å². The predicted octanol–water partition coefficient (Wildman–Crippen LogP) is 1.78. The smallest absolute Gasteiger partial charge is 0.335 e. The number of aliphatic imine (C=N–C) groups is 3. The summed E-state index contributed by atoms with van der Waals surface area (Å²) >= 11 is 0. The van der Waals surface area contributed by atoms with Gasteiger partial charge in [-0.1, -0.05) is 0 Å². The van der Waals surface area contributed by atoms with E-state index in [4.69, 9.17) is 5.11 Å². The molecule has 30 heavy (non-hydrogen) atoms. The molecule has 0 bridgehead atoms. The summed E-state index contributed by atoms with van der Waals surface area (Å²) in [6, 6.07) is 5.80. The van der Waals surface area contributed by atoms with Crippen molar-refractivity contribution in [2.24, 2.45) is 15.0 Å². The number of amides is 1. The van der Waals surface area contributed by atoms with Crippen LogP contribution in [-0.4, -0.2) is 71.8 Å². The fourth-order valence-corrected chi connectivity index (χ4v) is 2.34. The topological polar surface area (TPSA) is 144 Å². The van der Waals surface area contributed by atoms with Crippen LogP contribution in [0.15, 0.2) is 44.0 Å². The van der Waals surface area contributed by atoms with Gasteiger partial charge in [0.2, 0.25) is 12.4 Å². The lowest BCUT2D eigenvalue weighted by Gasteiger charge is -2.17. The van der Waals surface area contributed by atoms with Crippen LogP contribution in [0.1, 0.15) is 17.3 Å². The molecule has 0 aliphatic carbocycles. The van der Waals surface area contributed by atoms with Gasteiger partial charge < -0.3 is 14.9 Å². The van der Waals surface area contributed by atoms with E-state index < -0.39 is 11.5 Å². The first-order valence-electron chi connectivity index (χ1n) is 8.66. The van der Waals surface area contributed by atoms with Crippen molar-refractivity contribution in [2.45, 2.75) is 6.92 Å². The molecule has 11 heteroatoms. The van der Waals surface area contributed by atoms with Gasteiger partial charge in [-0.3, -0.25) is 14.6 Å². The normalized spacial score (nSPS) is 11.4. The van der Waals surface area contributed by atoms with E-state index in [9.17, 15) is 14.4 Å². The van der Waals surface area contributed by atoms with Crippen molar-refractivity contribution < 1.29 is 14.7 Å². The number of nitrogens with zero attached hydrogens (tertiary/aromatic N) is 6. The Morgan fingerprint density at radius 1 is 1.30 bits per heavy atom. The zero-order valence-electron chi connectivity index (χ0n) is 16.7. The standard InChI is InChI=1S/C19H21N7O4/c1-12(9-26(11-27)14-7-5-13(6-8-14)18(29)30)22-15-16(20-2)23-19(24-17(15)28)21-10-25(3)4/h5-8,10-11H,2,9H2,1,3-4H3,(H,29,30)(H,23,24,28)/b21-10+,22-12+. The number of hydrogen-bond donors (Lipinski definition) is 2. The second-order valence-electron chi connectivity index (χ2n) is 6.36. The number of rotatable bonds is 9. The average Bonchev–Trinajstić information content (AvgIpc) is 2.72. The molecular weight excluding hydrogens is 390 g/mol. The lowest BCUT2D eigenvalue weighted by molar-refractivity contribution is -0.107. The van der Waals surface area contributed by atoms with Gasteiger partial charge in [0.25, 0.3) is 5.56 Å². The molecule has 0 saturated heterocycles. The van der Waals surface area contributed by atoms with Crippen LogP contribution < -0.4 is 10.5 Å².